The number of ketones is 1. The van der Waals surface area contributed by atoms with Gasteiger partial charge in [-0.25, -0.2) is 4.79 Å². The second-order valence-electron chi connectivity index (χ2n) is 2.10. The number of rotatable bonds is 5. The Balaban J connectivity index is 3.53. The molecule has 0 bridgehead atoms. The molecule has 0 spiro atoms. The Morgan fingerprint density at radius 1 is 1.25 bits per heavy atom. The van der Waals surface area contributed by atoms with Gasteiger partial charge in [0, 0.05) is 13.2 Å². The van der Waals surface area contributed by atoms with Gasteiger partial charge in [0.05, 0.1) is 6.61 Å². The van der Waals surface area contributed by atoms with Gasteiger partial charge in [0.25, 0.3) is 0 Å². The molecule has 0 saturated carbocycles. The molecule has 4 nitrogen and oxygen atoms in total. The first-order chi connectivity index (χ1) is 5.66. The number of hydrogen-bond acceptors (Lipinski definition) is 4. The van der Waals surface area contributed by atoms with Crippen LogP contribution >= 0.6 is 0 Å². The maximum atomic E-state index is 10.7. The predicted octanol–water partition coefficient (Wildman–Crippen LogP) is 0.321. The summed E-state index contributed by atoms with van der Waals surface area (Å²) in [5.74, 6) is -0.707. The Morgan fingerprint density at radius 3 is 2.42 bits per heavy atom. The van der Waals surface area contributed by atoms with E-state index in [2.05, 4.69) is 9.47 Å². The number of esters is 1. The topological polar surface area (TPSA) is 52.6 Å². The van der Waals surface area contributed by atoms with Gasteiger partial charge >= 0.3 is 5.97 Å². The lowest BCUT2D eigenvalue weighted by atomic mass is 10.4. The van der Waals surface area contributed by atoms with Gasteiger partial charge in [0.2, 0.25) is 0 Å². The highest BCUT2D eigenvalue weighted by atomic mass is 16.6. The molecule has 0 aromatic rings. The number of hydrogen-bond donors (Lipinski definition) is 0. The summed E-state index contributed by atoms with van der Waals surface area (Å²) in [7, 11) is 1.51. The third-order valence-corrected chi connectivity index (χ3v) is 0.986. The van der Waals surface area contributed by atoms with Crippen molar-refractivity contribution in [3.63, 3.8) is 0 Å². The van der Waals surface area contributed by atoms with E-state index >= 15 is 0 Å². The van der Waals surface area contributed by atoms with Crippen LogP contribution in [0.2, 0.25) is 0 Å². The molecule has 0 aromatic carbocycles. The van der Waals surface area contributed by atoms with Crippen LogP contribution in [0, 0.1) is 0 Å². The van der Waals surface area contributed by atoms with Crippen molar-refractivity contribution >= 4 is 11.8 Å². The molecule has 0 aliphatic heterocycles. The summed E-state index contributed by atoms with van der Waals surface area (Å²) in [5, 5.41) is 0. The van der Waals surface area contributed by atoms with Gasteiger partial charge in [0.15, 0.2) is 5.78 Å². The molecule has 0 rings (SSSR count). The van der Waals surface area contributed by atoms with Crippen molar-refractivity contribution in [2.45, 2.75) is 6.92 Å². The van der Waals surface area contributed by atoms with E-state index in [0.717, 1.165) is 12.2 Å². The zero-order chi connectivity index (χ0) is 9.40. The van der Waals surface area contributed by atoms with Crippen LogP contribution in [0.1, 0.15) is 6.92 Å². The number of allylic oxidation sites excluding steroid dienone is 1. The molecule has 4 heteroatoms. The molecule has 0 aliphatic rings. The maximum Gasteiger partial charge on any atom is 0.330 e. The third kappa shape index (κ3) is 6.95. The lowest BCUT2D eigenvalue weighted by Crippen LogP contribution is -2.07. The summed E-state index contributed by atoms with van der Waals surface area (Å²) in [6, 6.07) is 0. The van der Waals surface area contributed by atoms with Crippen LogP contribution in [0.3, 0.4) is 0 Å². The van der Waals surface area contributed by atoms with Crippen LogP contribution in [0.25, 0.3) is 0 Å². The van der Waals surface area contributed by atoms with Gasteiger partial charge in [-0.15, -0.1) is 0 Å². The minimum absolute atomic E-state index is 0.182. The van der Waals surface area contributed by atoms with E-state index in [-0.39, 0.29) is 12.4 Å². The lowest BCUT2D eigenvalue weighted by molar-refractivity contribution is -0.139. The van der Waals surface area contributed by atoms with Gasteiger partial charge in [-0.05, 0) is 13.0 Å². The van der Waals surface area contributed by atoms with Crippen molar-refractivity contribution in [3.8, 4) is 0 Å². The number of ether oxygens (including phenoxy) is 2. The Hall–Kier alpha value is -1.16. The molecule has 12 heavy (non-hydrogen) atoms. The first-order valence-corrected chi connectivity index (χ1v) is 3.51. The van der Waals surface area contributed by atoms with Crippen molar-refractivity contribution in [1.82, 2.24) is 0 Å². The average molecular weight is 172 g/mol. The molecule has 0 heterocycles. The van der Waals surface area contributed by atoms with Crippen LogP contribution in [-0.4, -0.2) is 32.1 Å². The summed E-state index contributed by atoms with van der Waals surface area (Å²) >= 11 is 0. The second kappa shape index (κ2) is 6.54. The number of carbonyl (C=O) groups is 2. The van der Waals surface area contributed by atoms with Gasteiger partial charge < -0.3 is 9.47 Å². The summed E-state index contributed by atoms with van der Waals surface area (Å²) < 4.78 is 9.28. The van der Waals surface area contributed by atoms with E-state index in [0.29, 0.717) is 6.61 Å². The fourth-order valence-electron chi connectivity index (χ4n) is 0.459. The molecule has 0 aromatic heterocycles. The van der Waals surface area contributed by atoms with Crippen molar-refractivity contribution in [2.75, 3.05) is 20.3 Å². The standard InChI is InChI=1S/C8H12O4/c1-7(9)3-4-8(10)12-6-5-11-2/h3-4H,5-6H2,1-2H3. The Labute approximate surface area is 71.2 Å². The van der Waals surface area contributed by atoms with Crippen molar-refractivity contribution in [2.24, 2.45) is 0 Å². The Bertz CT molecular complexity index is 183. The third-order valence-electron chi connectivity index (χ3n) is 0.986. The quantitative estimate of drug-likeness (QED) is 0.340. The summed E-state index contributed by atoms with van der Waals surface area (Å²) in [6.07, 6.45) is 2.26. The molecular formula is C8H12O4. The van der Waals surface area contributed by atoms with E-state index in [1.165, 1.54) is 14.0 Å². The fourth-order valence-corrected chi connectivity index (χ4v) is 0.459. The van der Waals surface area contributed by atoms with Gasteiger partial charge in [-0.1, -0.05) is 0 Å². The Morgan fingerprint density at radius 2 is 1.92 bits per heavy atom. The smallest absolute Gasteiger partial charge is 0.330 e. The van der Waals surface area contributed by atoms with E-state index in [4.69, 9.17) is 0 Å². The minimum Gasteiger partial charge on any atom is -0.460 e. The molecular weight excluding hydrogens is 160 g/mol. The highest BCUT2D eigenvalue weighted by molar-refractivity contribution is 5.94. The highest BCUT2D eigenvalue weighted by Gasteiger charge is 1.95. The summed E-state index contributed by atoms with van der Waals surface area (Å²) in [5.41, 5.74) is 0. The molecule has 0 saturated heterocycles. The van der Waals surface area contributed by atoms with Crippen molar-refractivity contribution < 1.29 is 19.1 Å². The van der Waals surface area contributed by atoms with Crippen LogP contribution in [0.5, 0.6) is 0 Å². The zero-order valence-electron chi connectivity index (χ0n) is 7.20. The SMILES string of the molecule is COCCOC(=O)C=CC(C)=O. The van der Waals surface area contributed by atoms with Crippen LogP contribution in [0.15, 0.2) is 12.2 Å². The Kier molecular flexibility index (Phi) is 5.91. The predicted molar refractivity (Wildman–Crippen MR) is 42.7 cm³/mol. The highest BCUT2D eigenvalue weighted by Crippen LogP contribution is 1.83. The molecule has 0 radical (unpaired) electrons. The minimum atomic E-state index is -0.526. The largest absolute Gasteiger partial charge is 0.460 e. The van der Waals surface area contributed by atoms with E-state index in [1.807, 2.05) is 0 Å². The monoisotopic (exact) mass is 172 g/mol. The molecule has 0 amide bonds. The zero-order valence-corrected chi connectivity index (χ0v) is 7.20. The maximum absolute atomic E-state index is 10.7. The molecule has 68 valence electrons. The lowest BCUT2D eigenvalue weighted by Gasteiger charge is -1.98. The molecule has 0 fully saturated rings. The van der Waals surface area contributed by atoms with E-state index < -0.39 is 5.97 Å². The summed E-state index contributed by atoms with van der Waals surface area (Å²) in [6.45, 7) is 1.93. The first kappa shape index (κ1) is 10.8. The molecule has 0 aliphatic carbocycles. The van der Waals surface area contributed by atoms with E-state index in [9.17, 15) is 9.59 Å². The molecule has 0 N–H and O–H groups in total. The molecule has 0 atom stereocenters. The van der Waals surface area contributed by atoms with Gasteiger partial charge in [0.1, 0.15) is 6.61 Å². The van der Waals surface area contributed by atoms with E-state index in [1.54, 1.807) is 0 Å². The van der Waals surface area contributed by atoms with Crippen LogP contribution in [0.4, 0.5) is 0 Å². The summed E-state index contributed by atoms with van der Waals surface area (Å²) in [4.78, 5) is 21.1. The fraction of sp³-hybridized carbons (Fsp3) is 0.500. The normalized spacial score (nSPS) is 10.2. The second-order valence-corrected chi connectivity index (χ2v) is 2.10. The van der Waals surface area contributed by atoms with Crippen LogP contribution in [-0.2, 0) is 19.1 Å². The van der Waals surface area contributed by atoms with Gasteiger partial charge in [-0.2, -0.15) is 0 Å². The number of methoxy groups -OCH3 is 1. The first-order valence-electron chi connectivity index (χ1n) is 3.51. The average Bonchev–Trinajstić information content (AvgIpc) is 2.01. The van der Waals surface area contributed by atoms with Crippen molar-refractivity contribution in [3.05, 3.63) is 12.2 Å². The van der Waals surface area contributed by atoms with Crippen molar-refractivity contribution in [1.29, 1.82) is 0 Å². The number of carbonyl (C=O) groups excluding carboxylic acids is 2. The van der Waals surface area contributed by atoms with Crippen LogP contribution < -0.4 is 0 Å². The van der Waals surface area contributed by atoms with Gasteiger partial charge in [-0.3, -0.25) is 4.79 Å². The molecule has 0 unspecified atom stereocenters.